The van der Waals surface area contributed by atoms with Crippen LogP contribution in [0.15, 0.2) is 10.9 Å². The molecule has 8 nitrogen and oxygen atoms in total. The number of nitrogens with two attached hydrogens (primary N) is 1. The molecule has 23 heavy (non-hydrogen) atoms. The molecule has 0 atom stereocenters. The van der Waals surface area contributed by atoms with Crippen LogP contribution in [0.4, 0.5) is 5.82 Å². The van der Waals surface area contributed by atoms with Gasteiger partial charge in [0.15, 0.2) is 5.82 Å². The predicted molar refractivity (Wildman–Crippen MR) is 85.5 cm³/mol. The number of piperidine rings is 1. The lowest BCUT2D eigenvalue weighted by Gasteiger charge is -2.31. The fourth-order valence-electron chi connectivity index (χ4n) is 2.83. The molecule has 2 aromatic heterocycles. The van der Waals surface area contributed by atoms with E-state index in [0.29, 0.717) is 18.9 Å². The van der Waals surface area contributed by atoms with Gasteiger partial charge in [0, 0.05) is 25.1 Å². The number of anilines is 1. The van der Waals surface area contributed by atoms with E-state index in [9.17, 15) is 9.59 Å². The molecule has 3 rings (SSSR count). The molecule has 0 saturated carbocycles. The van der Waals surface area contributed by atoms with Crippen molar-refractivity contribution in [2.24, 2.45) is 0 Å². The van der Waals surface area contributed by atoms with Crippen LogP contribution in [0.25, 0.3) is 0 Å². The topological polar surface area (TPSA) is 121 Å². The minimum absolute atomic E-state index is 0.119. The first kappa shape index (κ1) is 15.5. The quantitative estimate of drug-likeness (QED) is 0.757. The smallest absolute Gasteiger partial charge is 0.273 e. The average molecular weight is 337 g/mol. The summed E-state index contributed by atoms with van der Waals surface area (Å²) < 4.78 is 0. The Hall–Kier alpha value is -2.35. The van der Waals surface area contributed by atoms with Crippen molar-refractivity contribution < 1.29 is 4.79 Å². The molecule has 1 fully saturated rings. The number of hydrogen-bond donors (Lipinski definition) is 3. The summed E-state index contributed by atoms with van der Waals surface area (Å²) >= 11 is 5.97. The molecule has 0 unspecified atom stereocenters. The Labute approximate surface area is 137 Å². The summed E-state index contributed by atoms with van der Waals surface area (Å²) in [5.41, 5.74) is 6.40. The summed E-state index contributed by atoms with van der Waals surface area (Å²) in [6.07, 6.45) is 1.48. The van der Waals surface area contributed by atoms with Crippen molar-refractivity contribution in [2.75, 3.05) is 18.8 Å². The van der Waals surface area contributed by atoms with Gasteiger partial charge in [0.1, 0.15) is 16.5 Å². The van der Waals surface area contributed by atoms with Gasteiger partial charge in [-0.2, -0.15) is 5.10 Å². The van der Waals surface area contributed by atoms with Gasteiger partial charge in [-0.05, 0) is 19.8 Å². The number of nitrogens with zero attached hydrogens (tertiary/aromatic N) is 3. The van der Waals surface area contributed by atoms with Crippen molar-refractivity contribution in [1.29, 1.82) is 0 Å². The molecule has 9 heteroatoms. The first-order chi connectivity index (χ1) is 11.0. The van der Waals surface area contributed by atoms with E-state index in [0.717, 1.165) is 18.5 Å². The highest BCUT2D eigenvalue weighted by Crippen LogP contribution is 2.28. The number of halogens is 1. The first-order valence-corrected chi connectivity index (χ1v) is 7.70. The van der Waals surface area contributed by atoms with Crippen molar-refractivity contribution in [1.82, 2.24) is 25.1 Å². The molecular weight excluding hydrogens is 320 g/mol. The number of nitrogen functional groups attached to an aromatic ring is 1. The van der Waals surface area contributed by atoms with Gasteiger partial charge in [0.2, 0.25) is 0 Å². The van der Waals surface area contributed by atoms with Crippen LogP contribution >= 0.6 is 11.6 Å². The van der Waals surface area contributed by atoms with Crippen LogP contribution in [0.1, 0.15) is 40.8 Å². The Balaban J connectivity index is 1.70. The second kappa shape index (κ2) is 6.04. The SMILES string of the molecule is Cc1nc(C2CCN(C(=O)c3[nH]nc(N)c3Cl)CC2)cc(=O)[nH]1. The highest BCUT2D eigenvalue weighted by atomic mass is 35.5. The summed E-state index contributed by atoms with van der Waals surface area (Å²) in [5, 5.41) is 6.47. The molecular formula is C14H17ClN6O2. The van der Waals surface area contributed by atoms with Crippen LogP contribution in [0.5, 0.6) is 0 Å². The summed E-state index contributed by atoms with van der Waals surface area (Å²) in [6, 6.07) is 1.53. The Morgan fingerprint density at radius 1 is 1.43 bits per heavy atom. The largest absolute Gasteiger partial charge is 0.381 e. The van der Waals surface area contributed by atoms with Crippen molar-refractivity contribution in [3.05, 3.63) is 38.7 Å². The lowest BCUT2D eigenvalue weighted by molar-refractivity contribution is 0.0706. The standard InChI is InChI=1S/C14H17ClN6O2/c1-7-17-9(6-10(22)18-7)8-2-4-21(5-3-8)14(23)12-11(15)13(16)20-19-12/h6,8H,2-5H2,1H3,(H3,16,19,20)(H,17,18,22). The van der Waals surface area contributed by atoms with Crippen LogP contribution in [-0.4, -0.2) is 44.1 Å². The average Bonchev–Trinajstić information content (AvgIpc) is 2.85. The second-order valence-corrected chi connectivity index (χ2v) is 6.00. The van der Waals surface area contributed by atoms with E-state index < -0.39 is 0 Å². The number of aromatic amines is 2. The van der Waals surface area contributed by atoms with Gasteiger partial charge in [-0.15, -0.1) is 0 Å². The van der Waals surface area contributed by atoms with Crippen LogP contribution in [0.3, 0.4) is 0 Å². The number of carbonyl (C=O) groups is 1. The normalized spacial score (nSPS) is 15.8. The number of likely N-dealkylation sites (tertiary alicyclic amines) is 1. The van der Waals surface area contributed by atoms with E-state index in [1.54, 1.807) is 11.8 Å². The second-order valence-electron chi connectivity index (χ2n) is 5.62. The lowest BCUT2D eigenvalue weighted by atomic mass is 9.93. The predicted octanol–water partition coefficient (Wildman–Crippen LogP) is 1.06. The highest BCUT2D eigenvalue weighted by Gasteiger charge is 2.28. The lowest BCUT2D eigenvalue weighted by Crippen LogP contribution is -2.38. The molecule has 122 valence electrons. The number of amides is 1. The molecule has 1 aliphatic rings. The minimum atomic E-state index is -0.215. The molecule has 4 N–H and O–H groups in total. The number of aryl methyl sites for hydroxylation is 1. The van der Waals surface area contributed by atoms with Crippen molar-refractivity contribution >= 4 is 23.3 Å². The fraction of sp³-hybridized carbons (Fsp3) is 0.429. The Morgan fingerprint density at radius 2 is 2.13 bits per heavy atom. The minimum Gasteiger partial charge on any atom is -0.381 e. The molecule has 0 spiro atoms. The van der Waals surface area contributed by atoms with E-state index in [1.807, 2.05) is 0 Å². The van der Waals surface area contributed by atoms with Gasteiger partial charge in [-0.3, -0.25) is 14.7 Å². The Kier molecular flexibility index (Phi) is 4.08. The fourth-order valence-corrected chi connectivity index (χ4v) is 3.00. The third-order valence-electron chi connectivity index (χ3n) is 4.03. The van der Waals surface area contributed by atoms with Crippen LogP contribution in [0.2, 0.25) is 5.02 Å². The van der Waals surface area contributed by atoms with E-state index in [-0.39, 0.29) is 33.9 Å². The van der Waals surface area contributed by atoms with Crippen LogP contribution in [0, 0.1) is 6.92 Å². The molecule has 0 bridgehead atoms. The van der Waals surface area contributed by atoms with Gasteiger partial charge >= 0.3 is 0 Å². The summed E-state index contributed by atoms with van der Waals surface area (Å²) in [6.45, 7) is 2.88. The number of aromatic nitrogens is 4. The number of carbonyl (C=O) groups excluding carboxylic acids is 1. The summed E-state index contributed by atoms with van der Waals surface area (Å²) in [4.78, 5) is 32.7. The highest BCUT2D eigenvalue weighted by molar-refractivity contribution is 6.35. The van der Waals surface area contributed by atoms with Crippen molar-refractivity contribution in [2.45, 2.75) is 25.7 Å². The zero-order chi connectivity index (χ0) is 16.6. The maximum Gasteiger partial charge on any atom is 0.273 e. The summed E-state index contributed by atoms with van der Waals surface area (Å²) in [5.74, 6) is 0.675. The van der Waals surface area contributed by atoms with E-state index in [1.165, 1.54) is 6.07 Å². The van der Waals surface area contributed by atoms with Crippen LogP contribution < -0.4 is 11.3 Å². The maximum absolute atomic E-state index is 12.4. The third kappa shape index (κ3) is 3.07. The number of hydrogen-bond acceptors (Lipinski definition) is 5. The zero-order valence-corrected chi connectivity index (χ0v) is 13.4. The van der Waals surface area contributed by atoms with Gasteiger partial charge in [0.25, 0.3) is 11.5 Å². The maximum atomic E-state index is 12.4. The number of nitrogens with one attached hydrogen (secondary N) is 2. The molecule has 1 saturated heterocycles. The van der Waals surface area contributed by atoms with E-state index >= 15 is 0 Å². The van der Waals surface area contributed by atoms with E-state index in [4.69, 9.17) is 17.3 Å². The van der Waals surface area contributed by atoms with Crippen molar-refractivity contribution in [3.63, 3.8) is 0 Å². The molecule has 0 radical (unpaired) electrons. The molecule has 0 aromatic carbocycles. The zero-order valence-electron chi connectivity index (χ0n) is 12.6. The summed E-state index contributed by atoms with van der Waals surface area (Å²) in [7, 11) is 0. The van der Waals surface area contributed by atoms with Gasteiger partial charge in [-0.25, -0.2) is 4.98 Å². The van der Waals surface area contributed by atoms with Gasteiger partial charge in [0.05, 0.1) is 5.69 Å². The molecule has 2 aromatic rings. The number of H-pyrrole nitrogens is 2. The molecule has 1 aliphatic heterocycles. The van der Waals surface area contributed by atoms with E-state index in [2.05, 4.69) is 20.2 Å². The van der Waals surface area contributed by atoms with Gasteiger partial charge in [-0.1, -0.05) is 11.6 Å². The van der Waals surface area contributed by atoms with Gasteiger partial charge < -0.3 is 15.6 Å². The monoisotopic (exact) mass is 336 g/mol. The molecule has 0 aliphatic carbocycles. The Bertz CT molecular complexity index is 791. The van der Waals surface area contributed by atoms with Crippen LogP contribution in [-0.2, 0) is 0 Å². The third-order valence-corrected chi connectivity index (χ3v) is 4.41. The first-order valence-electron chi connectivity index (χ1n) is 7.32. The Morgan fingerprint density at radius 3 is 2.70 bits per heavy atom. The van der Waals surface area contributed by atoms with Crippen molar-refractivity contribution in [3.8, 4) is 0 Å². The molecule has 1 amide bonds. The number of rotatable bonds is 2. The molecule has 3 heterocycles.